The molecule has 0 saturated carbocycles. The lowest BCUT2D eigenvalue weighted by Crippen LogP contribution is -2.10. The third-order valence-corrected chi connectivity index (χ3v) is 9.08. The van der Waals surface area contributed by atoms with Crippen molar-refractivity contribution in [2.24, 2.45) is 0 Å². The summed E-state index contributed by atoms with van der Waals surface area (Å²) in [5.74, 6) is 0. The summed E-state index contributed by atoms with van der Waals surface area (Å²) in [5.41, 5.74) is 10.5. The third kappa shape index (κ3) is 5.51. The van der Waals surface area contributed by atoms with Gasteiger partial charge in [0, 0.05) is 40.6 Å². The number of nitrogens with zero attached hydrogens (tertiary/aromatic N) is 2. The van der Waals surface area contributed by atoms with Gasteiger partial charge in [-0.2, -0.15) is 0 Å². The summed E-state index contributed by atoms with van der Waals surface area (Å²) < 4.78 is 0. The molecule has 0 saturated heterocycles. The lowest BCUT2D eigenvalue weighted by Gasteiger charge is -2.27. The summed E-state index contributed by atoms with van der Waals surface area (Å²) in [7, 11) is 2.14. The summed E-state index contributed by atoms with van der Waals surface area (Å²) in [6.45, 7) is 0. The highest BCUT2D eigenvalue weighted by Gasteiger charge is 2.16. The molecule has 0 heterocycles. The van der Waals surface area contributed by atoms with Gasteiger partial charge in [0.2, 0.25) is 0 Å². The fourth-order valence-corrected chi connectivity index (χ4v) is 6.58. The van der Waals surface area contributed by atoms with E-state index in [2.05, 4.69) is 205 Å². The molecule has 224 valence electrons. The fraction of sp³-hybridized carbons (Fsp3) is 0.0222. The quantitative estimate of drug-likeness (QED) is 0.179. The molecule has 8 rings (SSSR count). The molecule has 0 aliphatic heterocycles. The Morgan fingerprint density at radius 3 is 1.21 bits per heavy atom. The summed E-state index contributed by atoms with van der Waals surface area (Å²) in [4.78, 5) is 4.63. The molecule has 0 radical (unpaired) electrons. The van der Waals surface area contributed by atoms with Crippen LogP contribution in [0.2, 0.25) is 0 Å². The minimum atomic E-state index is 1.12. The van der Waals surface area contributed by atoms with Crippen molar-refractivity contribution in [1.82, 2.24) is 0 Å². The van der Waals surface area contributed by atoms with Gasteiger partial charge in [0.15, 0.2) is 0 Å². The molecule has 0 fully saturated rings. The number of rotatable bonds is 7. The van der Waals surface area contributed by atoms with Crippen LogP contribution in [0.15, 0.2) is 188 Å². The van der Waals surface area contributed by atoms with E-state index in [4.69, 9.17) is 0 Å². The normalized spacial score (nSPS) is 11.1. The maximum atomic E-state index is 2.36. The van der Waals surface area contributed by atoms with E-state index in [9.17, 15) is 0 Å². The Labute approximate surface area is 276 Å². The predicted molar refractivity (Wildman–Crippen MR) is 202 cm³/mol. The maximum absolute atomic E-state index is 2.36. The van der Waals surface area contributed by atoms with E-state index in [1.165, 1.54) is 49.5 Å². The minimum Gasteiger partial charge on any atom is -0.344 e. The average molecular weight is 603 g/mol. The first kappa shape index (κ1) is 28.4. The van der Waals surface area contributed by atoms with Crippen LogP contribution in [-0.2, 0) is 0 Å². The first-order chi connectivity index (χ1) is 23.2. The molecule has 0 bridgehead atoms. The summed E-state index contributed by atoms with van der Waals surface area (Å²) in [6, 6.07) is 67.4. The van der Waals surface area contributed by atoms with Gasteiger partial charge in [0.25, 0.3) is 0 Å². The maximum Gasteiger partial charge on any atom is 0.0540 e. The Bertz CT molecular complexity index is 2280. The van der Waals surface area contributed by atoms with Crippen LogP contribution in [0.5, 0.6) is 0 Å². The van der Waals surface area contributed by atoms with Crippen molar-refractivity contribution in [2.75, 3.05) is 16.8 Å². The van der Waals surface area contributed by atoms with Gasteiger partial charge in [-0.05, 0) is 81.6 Å². The molecule has 2 nitrogen and oxygen atoms in total. The molecule has 2 heteroatoms. The van der Waals surface area contributed by atoms with Gasteiger partial charge in [0.1, 0.15) is 0 Å². The van der Waals surface area contributed by atoms with Gasteiger partial charge in [-0.3, -0.25) is 0 Å². The van der Waals surface area contributed by atoms with E-state index >= 15 is 0 Å². The molecular formula is C45H34N2. The second-order valence-electron chi connectivity index (χ2n) is 11.9. The van der Waals surface area contributed by atoms with Gasteiger partial charge in [-0.25, -0.2) is 0 Å². The molecule has 0 atom stereocenters. The van der Waals surface area contributed by atoms with Crippen molar-refractivity contribution in [2.45, 2.75) is 0 Å². The van der Waals surface area contributed by atoms with Gasteiger partial charge < -0.3 is 9.80 Å². The topological polar surface area (TPSA) is 6.48 Å². The largest absolute Gasteiger partial charge is 0.344 e. The molecule has 8 aromatic rings. The third-order valence-electron chi connectivity index (χ3n) is 9.08. The molecule has 0 aromatic heterocycles. The van der Waals surface area contributed by atoms with Crippen LogP contribution in [-0.4, -0.2) is 7.05 Å². The smallest absolute Gasteiger partial charge is 0.0540 e. The first-order valence-corrected chi connectivity index (χ1v) is 16.1. The Morgan fingerprint density at radius 1 is 0.298 bits per heavy atom. The molecule has 0 spiro atoms. The average Bonchev–Trinajstić information content (AvgIpc) is 3.15. The molecule has 0 aliphatic rings. The van der Waals surface area contributed by atoms with Crippen molar-refractivity contribution in [1.29, 1.82) is 0 Å². The SMILES string of the molecule is CN(c1ccc(-c2ccc(N(c3ccc(-c4ccccc4)cc3)c3cccc4ccccc34)cc2)cc1)c1cccc2ccccc12. The van der Waals surface area contributed by atoms with E-state index in [0.29, 0.717) is 0 Å². The second-order valence-corrected chi connectivity index (χ2v) is 11.9. The van der Waals surface area contributed by atoms with E-state index in [0.717, 1.165) is 22.7 Å². The van der Waals surface area contributed by atoms with Crippen molar-refractivity contribution in [3.63, 3.8) is 0 Å². The van der Waals surface area contributed by atoms with Gasteiger partial charge in [0.05, 0.1) is 5.69 Å². The molecule has 0 N–H and O–H groups in total. The predicted octanol–water partition coefficient (Wildman–Crippen LogP) is 12.6. The van der Waals surface area contributed by atoms with Gasteiger partial charge in [-0.15, -0.1) is 0 Å². The monoisotopic (exact) mass is 602 g/mol. The van der Waals surface area contributed by atoms with Crippen molar-refractivity contribution in [3.05, 3.63) is 188 Å². The number of anilines is 5. The highest BCUT2D eigenvalue weighted by Crippen LogP contribution is 2.40. The molecule has 0 unspecified atom stereocenters. The van der Waals surface area contributed by atoms with E-state index in [-0.39, 0.29) is 0 Å². The molecule has 8 aromatic carbocycles. The molecule has 47 heavy (non-hydrogen) atoms. The number of benzene rings is 8. The lowest BCUT2D eigenvalue weighted by molar-refractivity contribution is 1.22. The Hall–Kier alpha value is -6.12. The van der Waals surface area contributed by atoms with E-state index < -0.39 is 0 Å². The van der Waals surface area contributed by atoms with Crippen LogP contribution in [0.1, 0.15) is 0 Å². The van der Waals surface area contributed by atoms with E-state index in [1.54, 1.807) is 0 Å². The zero-order valence-electron chi connectivity index (χ0n) is 26.3. The van der Waals surface area contributed by atoms with E-state index in [1.807, 2.05) is 0 Å². The standard InChI is InChI=1S/C45H34N2/c1-46(44-19-9-15-37-13-5-7-17-42(37)44)39-27-21-35(22-28-39)36-25-31-41(32-26-36)47(45-20-10-16-38-14-6-8-18-43(38)45)40-29-23-34(24-30-40)33-11-3-2-4-12-33/h2-32H,1H3. The van der Waals surface area contributed by atoms with Gasteiger partial charge >= 0.3 is 0 Å². The van der Waals surface area contributed by atoms with Gasteiger partial charge in [-0.1, -0.05) is 140 Å². The highest BCUT2D eigenvalue weighted by molar-refractivity contribution is 5.99. The summed E-state index contributed by atoms with van der Waals surface area (Å²) in [5, 5.41) is 4.94. The summed E-state index contributed by atoms with van der Waals surface area (Å²) in [6.07, 6.45) is 0. The first-order valence-electron chi connectivity index (χ1n) is 16.1. The second kappa shape index (κ2) is 12.3. The summed E-state index contributed by atoms with van der Waals surface area (Å²) >= 11 is 0. The Balaban J connectivity index is 1.13. The van der Waals surface area contributed by atoms with Crippen LogP contribution >= 0.6 is 0 Å². The Kier molecular flexibility index (Phi) is 7.45. The van der Waals surface area contributed by atoms with Crippen molar-refractivity contribution in [3.8, 4) is 22.3 Å². The fourth-order valence-electron chi connectivity index (χ4n) is 6.58. The van der Waals surface area contributed by atoms with Crippen LogP contribution in [0, 0.1) is 0 Å². The van der Waals surface area contributed by atoms with Crippen molar-refractivity contribution < 1.29 is 0 Å². The zero-order valence-corrected chi connectivity index (χ0v) is 26.3. The van der Waals surface area contributed by atoms with Crippen LogP contribution < -0.4 is 9.80 Å². The zero-order chi connectivity index (χ0) is 31.6. The molecular weight excluding hydrogens is 569 g/mol. The molecule has 0 amide bonds. The highest BCUT2D eigenvalue weighted by atomic mass is 15.1. The lowest BCUT2D eigenvalue weighted by atomic mass is 10.0. The number of hydrogen-bond donors (Lipinski definition) is 0. The Morgan fingerprint density at radius 2 is 0.681 bits per heavy atom. The number of hydrogen-bond acceptors (Lipinski definition) is 2. The number of fused-ring (bicyclic) bond motifs is 2. The van der Waals surface area contributed by atoms with Crippen LogP contribution in [0.25, 0.3) is 43.8 Å². The van der Waals surface area contributed by atoms with Crippen molar-refractivity contribution >= 4 is 50.0 Å². The van der Waals surface area contributed by atoms with Crippen LogP contribution in [0.3, 0.4) is 0 Å². The minimum absolute atomic E-state index is 1.12. The molecule has 0 aliphatic carbocycles. The van der Waals surface area contributed by atoms with Crippen LogP contribution in [0.4, 0.5) is 28.4 Å².